The van der Waals surface area contributed by atoms with E-state index in [1.165, 1.54) is 24.1 Å². The maximum atomic E-state index is 13.0. The molecule has 4 rings (SSSR count). The molecule has 31 heavy (non-hydrogen) atoms. The number of phenols is 1. The lowest BCUT2D eigenvalue weighted by molar-refractivity contribution is -0.132. The van der Waals surface area contributed by atoms with E-state index in [0.717, 1.165) is 0 Å². The second kappa shape index (κ2) is 8.16. The topological polar surface area (TPSA) is 87.1 Å². The third-order valence-corrected chi connectivity index (χ3v) is 5.35. The number of phenolic OH excluding ortho intramolecular Hbond substituents is 1. The largest absolute Gasteiger partial charge is 0.508 e. The summed E-state index contributed by atoms with van der Waals surface area (Å²) in [5.41, 5.74) is 1.20. The maximum Gasteiger partial charge on any atom is 0.300 e. The lowest BCUT2D eigenvalue weighted by Crippen LogP contribution is -2.29. The fraction of sp³-hybridized carbons (Fsp3) is 0.0833. The molecule has 1 saturated heterocycles. The van der Waals surface area contributed by atoms with Gasteiger partial charge in [0.25, 0.3) is 11.7 Å². The number of aromatic hydroxyl groups is 1. The molecule has 7 heteroatoms. The van der Waals surface area contributed by atoms with Gasteiger partial charge in [-0.05, 0) is 66.2 Å². The molecule has 1 atom stereocenters. The smallest absolute Gasteiger partial charge is 0.300 e. The molecular weight excluding hydrogens is 418 g/mol. The highest BCUT2D eigenvalue weighted by Gasteiger charge is 2.47. The quantitative estimate of drug-likeness (QED) is 0.353. The summed E-state index contributed by atoms with van der Waals surface area (Å²) in [7, 11) is 1.52. The van der Waals surface area contributed by atoms with Gasteiger partial charge in [-0.25, -0.2) is 0 Å². The van der Waals surface area contributed by atoms with Crippen LogP contribution in [0.2, 0.25) is 5.02 Å². The lowest BCUT2D eigenvalue weighted by atomic mass is 9.95. The predicted octanol–water partition coefficient (Wildman–Crippen LogP) is 4.68. The van der Waals surface area contributed by atoms with Crippen molar-refractivity contribution in [3.05, 3.63) is 94.5 Å². The van der Waals surface area contributed by atoms with Crippen LogP contribution in [0.25, 0.3) is 5.76 Å². The molecule has 2 N–H and O–H groups in total. The average molecular weight is 436 g/mol. The predicted molar refractivity (Wildman–Crippen MR) is 117 cm³/mol. The number of anilines is 1. The molecule has 1 heterocycles. The number of aliphatic hydroxyl groups excluding tert-OH is 1. The first-order valence-electron chi connectivity index (χ1n) is 9.40. The zero-order valence-corrected chi connectivity index (χ0v) is 17.2. The van der Waals surface area contributed by atoms with Crippen molar-refractivity contribution in [2.24, 2.45) is 0 Å². The minimum absolute atomic E-state index is 0.0244. The van der Waals surface area contributed by atoms with E-state index in [-0.39, 0.29) is 17.1 Å². The zero-order valence-electron chi connectivity index (χ0n) is 16.4. The summed E-state index contributed by atoms with van der Waals surface area (Å²) in [5.74, 6) is -1.36. The van der Waals surface area contributed by atoms with Gasteiger partial charge in [0.15, 0.2) is 0 Å². The number of ether oxygens (including phenoxy) is 1. The second-order valence-corrected chi connectivity index (χ2v) is 7.41. The van der Waals surface area contributed by atoms with E-state index < -0.39 is 17.7 Å². The summed E-state index contributed by atoms with van der Waals surface area (Å²) in [5, 5.41) is 21.5. The number of Topliss-reactive ketones (excluding diaryl/α,β-unsaturated/α-hetero) is 1. The number of hydrogen-bond acceptors (Lipinski definition) is 5. The van der Waals surface area contributed by atoms with Gasteiger partial charge in [-0.15, -0.1) is 0 Å². The van der Waals surface area contributed by atoms with Crippen LogP contribution in [0.3, 0.4) is 0 Å². The minimum Gasteiger partial charge on any atom is -0.508 e. The Balaban J connectivity index is 1.92. The summed E-state index contributed by atoms with van der Waals surface area (Å²) in [6, 6.07) is 18.3. The maximum absolute atomic E-state index is 13.0. The molecule has 0 saturated carbocycles. The molecule has 0 bridgehead atoms. The Morgan fingerprint density at radius 2 is 1.68 bits per heavy atom. The minimum atomic E-state index is -0.935. The fourth-order valence-electron chi connectivity index (χ4n) is 3.62. The van der Waals surface area contributed by atoms with E-state index in [1.807, 2.05) is 0 Å². The number of ketones is 1. The van der Waals surface area contributed by atoms with Crippen LogP contribution >= 0.6 is 11.6 Å². The van der Waals surface area contributed by atoms with Crippen LogP contribution in [0.15, 0.2) is 78.4 Å². The first-order valence-corrected chi connectivity index (χ1v) is 9.78. The first-order chi connectivity index (χ1) is 14.9. The van der Waals surface area contributed by atoms with E-state index in [0.29, 0.717) is 27.6 Å². The number of amides is 1. The highest BCUT2D eigenvalue weighted by molar-refractivity contribution is 6.51. The molecule has 1 unspecified atom stereocenters. The van der Waals surface area contributed by atoms with Crippen molar-refractivity contribution in [2.75, 3.05) is 12.0 Å². The van der Waals surface area contributed by atoms with Gasteiger partial charge in [-0.3, -0.25) is 14.5 Å². The van der Waals surface area contributed by atoms with Crippen LogP contribution < -0.4 is 9.64 Å². The standard InChI is InChI=1S/C24H18ClNO5/c1-31-19-11-5-14(6-12-19)22(28)20-21(15-3-2-4-18(27)13-15)26(24(30)23(20)29)17-9-7-16(25)8-10-17/h2-13,21,27-28H,1H3/b22-20-. The van der Waals surface area contributed by atoms with E-state index in [9.17, 15) is 19.8 Å². The molecule has 1 fully saturated rings. The highest BCUT2D eigenvalue weighted by Crippen LogP contribution is 2.43. The molecule has 0 radical (unpaired) electrons. The number of halogens is 1. The van der Waals surface area contributed by atoms with Crippen LogP contribution in [0, 0.1) is 0 Å². The van der Waals surface area contributed by atoms with Crippen molar-refractivity contribution in [1.29, 1.82) is 0 Å². The van der Waals surface area contributed by atoms with Gasteiger partial charge in [0.1, 0.15) is 17.3 Å². The van der Waals surface area contributed by atoms with Gasteiger partial charge in [-0.1, -0.05) is 23.7 Å². The molecule has 0 aliphatic carbocycles. The molecule has 3 aromatic rings. The third kappa shape index (κ3) is 3.73. The Hall–Kier alpha value is -3.77. The number of benzene rings is 3. The second-order valence-electron chi connectivity index (χ2n) is 6.97. The molecule has 1 amide bonds. The summed E-state index contributed by atoms with van der Waals surface area (Å²) in [6.07, 6.45) is 0. The number of carbonyl (C=O) groups excluding carboxylic acids is 2. The van der Waals surface area contributed by atoms with Crippen molar-refractivity contribution in [1.82, 2.24) is 0 Å². The van der Waals surface area contributed by atoms with Crippen LogP contribution in [0.4, 0.5) is 5.69 Å². The number of nitrogens with zero attached hydrogens (tertiary/aromatic N) is 1. The Morgan fingerprint density at radius 1 is 1.00 bits per heavy atom. The molecule has 1 aliphatic rings. The molecular formula is C24H18ClNO5. The van der Waals surface area contributed by atoms with Gasteiger partial charge in [0, 0.05) is 16.3 Å². The fourth-order valence-corrected chi connectivity index (χ4v) is 3.74. The summed E-state index contributed by atoms with van der Waals surface area (Å²) in [6.45, 7) is 0. The normalized spacial score (nSPS) is 17.7. The van der Waals surface area contributed by atoms with Crippen molar-refractivity contribution < 1.29 is 24.5 Å². The van der Waals surface area contributed by atoms with E-state index in [1.54, 1.807) is 60.7 Å². The van der Waals surface area contributed by atoms with Crippen LogP contribution in [0.5, 0.6) is 11.5 Å². The number of methoxy groups -OCH3 is 1. The molecule has 0 spiro atoms. The van der Waals surface area contributed by atoms with Crippen LogP contribution in [-0.4, -0.2) is 29.0 Å². The Bertz CT molecular complexity index is 1190. The molecule has 3 aromatic carbocycles. The van der Waals surface area contributed by atoms with Gasteiger partial charge < -0.3 is 14.9 Å². The first kappa shape index (κ1) is 20.5. The van der Waals surface area contributed by atoms with Gasteiger partial charge >= 0.3 is 0 Å². The number of rotatable bonds is 4. The third-order valence-electron chi connectivity index (χ3n) is 5.10. The molecule has 6 nitrogen and oxygen atoms in total. The molecule has 156 valence electrons. The monoisotopic (exact) mass is 435 g/mol. The summed E-state index contributed by atoms with van der Waals surface area (Å²) < 4.78 is 5.14. The van der Waals surface area contributed by atoms with Crippen molar-refractivity contribution in [3.8, 4) is 11.5 Å². The summed E-state index contributed by atoms with van der Waals surface area (Å²) in [4.78, 5) is 27.4. The highest BCUT2D eigenvalue weighted by atomic mass is 35.5. The number of carbonyl (C=O) groups is 2. The van der Waals surface area contributed by atoms with Crippen molar-refractivity contribution >= 4 is 34.7 Å². The van der Waals surface area contributed by atoms with Crippen LogP contribution in [-0.2, 0) is 9.59 Å². The van der Waals surface area contributed by atoms with Gasteiger partial charge in [0.05, 0.1) is 18.7 Å². The van der Waals surface area contributed by atoms with Crippen molar-refractivity contribution in [2.45, 2.75) is 6.04 Å². The lowest BCUT2D eigenvalue weighted by Gasteiger charge is -2.25. The number of hydrogen-bond donors (Lipinski definition) is 2. The number of aliphatic hydroxyl groups is 1. The Labute approximate surface area is 183 Å². The summed E-state index contributed by atoms with van der Waals surface area (Å²) >= 11 is 5.98. The van der Waals surface area contributed by atoms with Gasteiger partial charge in [0.2, 0.25) is 0 Å². The molecule has 0 aromatic heterocycles. The SMILES string of the molecule is COc1ccc(/C(O)=C2/C(=O)C(=O)N(c3ccc(Cl)cc3)C2c2cccc(O)c2)cc1. The van der Waals surface area contributed by atoms with E-state index >= 15 is 0 Å². The Morgan fingerprint density at radius 3 is 2.29 bits per heavy atom. The Kier molecular flexibility index (Phi) is 5.40. The zero-order chi connectivity index (χ0) is 22.1. The van der Waals surface area contributed by atoms with Crippen molar-refractivity contribution in [3.63, 3.8) is 0 Å². The van der Waals surface area contributed by atoms with Crippen LogP contribution in [0.1, 0.15) is 17.2 Å². The van der Waals surface area contributed by atoms with Gasteiger partial charge in [-0.2, -0.15) is 0 Å². The average Bonchev–Trinajstić information content (AvgIpc) is 3.04. The van der Waals surface area contributed by atoms with E-state index in [2.05, 4.69) is 0 Å². The molecule has 1 aliphatic heterocycles. The van der Waals surface area contributed by atoms with E-state index in [4.69, 9.17) is 16.3 Å².